The number of ether oxygens (including phenoxy) is 1. The lowest BCUT2D eigenvalue weighted by Crippen LogP contribution is -2.25. The minimum absolute atomic E-state index is 0.0251. The molecule has 0 atom stereocenters. The second-order valence-electron chi connectivity index (χ2n) is 4.72. The first-order valence-electron chi connectivity index (χ1n) is 6.67. The van der Waals surface area contributed by atoms with Gasteiger partial charge in [0.25, 0.3) is 5.91 Å². The van der Waals surface area contributed by atoms with Gasteiger partial charge in [-0.3, -0.25) is 9.48 Å². The molecule has 0 radical (unpaired) electrons. The van der Waals surface area contributed by atoms with Gasteiger partial charge in [0.1, 0.15) is 5.75 Å². The van der Waals surface area contributed by atoms with E-state index in [1.165, 1.54) is 0 Å². The standard InChI is InChI=1S/C14H15ClN4O2/c1-2-19-7-9(6-17-19)5-16-11-4-13-12(3-10(11)15)18-14(20)8-21-13/h3-4,6-7,16H,2,5,8H2,1H3,(H,18,20). The second kappa shape index (κ2) is 5.65. The Labute approximate surface area is 127 Å². The number of hydrogen-bond donors (Lipinski definition) is 2. The molecule has 0 saturated carbocycles. The number of halogens is 1. The molecule has 3 rings (SSSR count). The number of nitrogens with one attached hydrogen (secondary N) is 2. The Kier molecular flexibility index (Phi) is 3.70. The van der Waals surface area contributed by atoms with E-state index in [0.717, 1.165) is 17.8 Å². The minimum atomic E-state index is -0.175. The van der Waals surface area contributed by atoms with Crippen molar-refractivity contribution < 1.29 is 9.53 Å². The van der Waals surface area contributed by atoms with Gasteiger partial charge in [0, 0.05) is 30.9 Å². The van der Waals surface area contributed by atoms with Crippen molar-refractivity contribution in [3.05, 3.63) is 35.1 Å². The number of aromatic nitrogens is 2. The molecule has 2 aromatic rings. The Balaban J connectivity index is 1.75. The van der Waals surface area contributed by atoms with Crippen molar-refractivity contribution in [1.29, 1.82) is 0 Å². The van der Waals surface area contributed by atoms with E-state index in [1.807, 2.05) is 24.0 Å². The lowest BCUT2D eigenvalue weighted by Gasteiger charge is -2.19. The molecule has 0 aliphatic carbocycles. The van der Waals surface area contributed by atoms with E-state index in [-0.39, 0.29) is 12.5 Å². The molecule has 0 spiro atoms. The highest BCUT2D eigenvalue weighted by atomic mass is 35.5. The highest BCUT2D eigenvalue weighted by Crippen LogP contribution is 2.36. The van der Waals surface area contributed by atoms with Crippen LogP contribution in [-0.2, 0) is 17.9 Å². The molecule has 21 heavy (non-hydrogen) atoms. The number of benzene rings is 1. The molecular weight excluding hydrogens is 292 g/mol. The molecule has 0 saturated heterocycles. The second-order valence-corrected chi connectivity index (χ2v) is 5.13. The summed E-state index contributed by atoms with van der Waals surface area (Å²) in [6.07, 6.45) is 3.80. The number of amides is 1. The maximum absolute atomic E-state index is 11.3. The number of aryl methyl sites for hydroxylation is 1. The SMILES string of the molecule is CCn1cc(CNc2cc3c(cc2Cl)NC(=O)CO3)cn1. The number of anilines is 2. The summed E-state index contributed by atoms with van der Waals surface area (Å²) in [6, 6.07) is 3.48. The molecule has 0 fully saturated rings. The van der Waals surface area contributed by atoms with Crippen molar-refractivity contribution in [2.24, 2.45) is 0 Å². The van der Waals surface area contributed by atoms with Gasteiger partial charge >= 0.3 is 0 Å². The zero-order chi connectivity index (χ0) is 14.8. The Morgan fingerprint density at radius 3 is 3.14 bits per heavy atom. The maximum atomic E-state index is 11.3. The molecule has 0 bridgehead atoms. The van der Waals surface area contributed by atoms with E-state index in [2.05, 4.69) is 15.7 Å². The molecular formula is C14H15ClN4O2. The van der Waals surface area contributed by atoms with Crippen molar-refractivity contribution in [2.75, 3.05) is 17.2 Å². The smallest absolute Gasteiger partial charge is 0.262 e. The van der Waals surface area contributed by atoms with Crippen molar-refractivity contribution >= 4 is 28.9 Å². The fourth-order valence-corrected chi connectivity index (χ4v) is 2.33. The lowest BCUT2D eigenvalue weighted by molar-refractivity contribution is -0.118. The van der Waals surface area contributed by atoms with Crippen LogP contribution in [0, 0.1) is 0 Å². The third-order valence-electron chi connectivity index (χ3n) is 3.20. The third-order valence-corrected chi connectivity index (χ3v) is 3.51. The third kappa shape index (κ3) is 2.95. The van der Waals surface area contributed by atoms with Crippen LogP contribution in [0.4, 0.5) is 11.4 Å². The van der Waals surface area contributed by atoms with Crippen molar-refractivity contribution in [1.82, 2.24) is 9.78 Å². The fourth-order valence-electron chi connectivity index (χ4n) is 2.10. The quantitative estimate of drug-likeness (QED) is 0.910. The van der Waals surface area contributed by atoms with Gasteiger partial charge in [-0.05, 0) is 13.0 Å². The summed E-state index contributed by atoms with van der Waals surface area (Å²) in [4.78, 5) is 11.3. The number of fused-ring (bicyclic) bond motifs is 1. The van der Waals surface area contributed by atoms with Crippen LogP contribution in [0.1, 0.15) is 12.5 Å². The van der Waals surface area contributed by atoms with Gasteiger partial charge < -0.3 is 15.4 Å². The molecule has 1 aromatic carbocycles. The Morgan fingerprint density at radius 2 is 2.38 bits per heavy atom. The number of carbonyl (C=O) groups excluding carboxylic acids is 1. The highest BCUT2D eigenvalue weighted by molar-refractivity contribution is 6.33. The number of rotatable bonds is 4. The van der Waals surface area contributed by atoms with Gasteiger partial charge in [-0.15, -0.1) is 0 Å². The van der Waals surface area contributed by atoms with Crippen LogP contribution < -0.4 is 15.4 Å². The summed E-state index contributed by atoms with van der Waals surface area (Å²) in [5, 5.41) is 10.7. The van der Waals surface area contributed by atoms with E-state index in [0.29, 0.717) is 23.0 Å². The first kappa shape index (κ1) is 13.8. The van der Waals surface area contributed by atoms with Crippen LogP contribution in [0.5, 0.6) is 5.75 Å². The predicted molar refractivity (Wildman–Crippen MR) is 80.8 cm³/mol. The predicted octanol–water partition coefficient (Wildman–Crippen LogP) is 2.50. The van der Waals surface area contributed by atoms with Gasteiger partial charge in [0.2, 0.25) is 0 Å². The maximum Gasteiger partial charge on any atom is 0.262 e. The van der Waals surface area contributed by atoms with Gasteiger partial charge in [0.05, 0.1) is 22.6 Å². The van der Waals surface area contributed by atoms with E-state index in [1.54, 1.807) is 12.1 Å². The Morgan fingerprint density at radius 1 is 1.52 bits per heavy atom. The molecule has 0 unspecified atom stereocenters. The molecule has 7 heteroatoms. The largest absolute Gasteiger partial charge is 0.482 e. The molecule has 1 amide bonds. The number of carbonyl (C=O) groups is 1. The normalized spacial score (nSPS) is 13.3. The molecule has 1 aliphatic heterocycles. The number of nitrogens with zero attached hydrogens (tertiary/aromatic N) is 2. The van der Waals surface area contributed by atoms with Crippen LogP contribution in [0.2, 0.25) is 5.02 Å². The molecule has 2 N–H and O–H groups in total. The van der Waals surface area contributed by atoms with Crippen molar-refractivity contribution in [3.8, 4) is 5.75 Å². The van der Waals surface area contributed by atoms with Crippen molar-refractivity contribution in [2.45, 2.75) is 20.0 Å². The molecule has 110 valence electrons. The summed E-state index contributed by atoms with van der Waals surface area (Å²) < 4.78 is 7.24. The molecule has 2 heterocycles. The summed E-state index contributed by atoms with van der Waals surface area (Å²) in [7, 11) is 0. The topological polar surface area (TPSA) is 68.2 Å². The fraction of sp³-hybridized carbons (Fsp3) is 0.286. The summed E-state index contributed by atoms with van der Waals surface area (Å²) in [5.74, 6) is 0.442. The zero-order valence-electron chi connectivity index (χ0n) is 11.5. The van der Waals surface area contributed by atoms with Gasteiger partial charge in [-0.2, -0.15) is 5.10 Å². The first-order chi connectivity index (χ1) is 10.2. The average Bonchev–Trinajstić information content (AvgIpc) is 2.93. The summed E-state index contributed by atoms with van der Waals surface area (Å²) >= 11 is 6.22. The van der Waals surface area contributed by atoms with Gasteiger partial charge in [0.15, 0.2) is 6.61 Å². The molecule has 1 aromatic heterocycles. The molecule has 1 aliphatic rings. The van der Waals surface area contributed by atoms with Gasteiger partial charge in [-0.1, -0.05) is 11.6 Å². The van der Waals surface area contributed by atoms with Crippen molar-refractivity contribution in [3.63, 3.8) is 0 Å². The van der Waals surface area contributed by atoms with E-state index in [4.69, 9.17) is 16.3 Å². The highest BCUT2D eigenvalue weighted by Gasteiger charge is 2.18. The lowest BCUT2D eigenvalue weighted by atomic mass is 10.2. The average molecular weight is 307 g/mol. The monoisotopic (exact) mass is 306 g/mol. The van der Waals surface area contributed by atoms with E-state index >= 15 is 0 Å². The van der Waals surface area contributed by atoms with E-state index < -0.39 is 0 Å². The van der Waals surface area contributed by atoms with Crippen LogP contribution in [0.3, 0.4) is 0 Å². The van der Waals surface area contributed by atoms with E-state index in [9.17, 15) is 4.79 Å². The summed E-state index contributed by atoms with van der Waals surface area (Å²) in [5.41, 5.74) is 2.43. The van der Waals surface area contributed by atoms with Crippen LogP contribution in [0.25, 0.3) is 0 Å². The van der Waals surface area contributed by atoms with Gasteiger partial charge in [-0.25, -0.2) is 0 Å². The number of hydrogen-bond acceptors (Lipinski definition) is 4. The summed E-state index contributed by atoms with van der Waals surface area (Å²) in [6.45, 7) is 3.52. The molecule has 6 nitrogen and oxygen atoms in total. The van der Waals surface area contributed by atoms with Crippen LogP contribution in [-0.4, -0.2) is 22.3 Å². The first-order valence-corrected chi connectivity index (χ1v) is 7.05. The Hall–Kier alpha value is -2.21. The minimum Gasteiger partial charge on any atom is -0.482 e. The van der Waals surface area contributed by atoms with Crippen LogP contribution >= 0.6 is 11.6 Å². The zero-order valence-corrected chi connectivity index (χ0v) is 12.3. The Bertz CT molecular complexity index is 684. The van der Waals surface area contributed by atoms with Crippen LogP contribution in [0.15, 0.2) is 24.5 Å².